The van der Waals surface area contributed by atoms with Gasteiger partial charge in [-0.25, -0.2) is 15.0 Å². The lowest BCUT2D eigenvalue weighted by atomic mass is 9.81. The van der Waals surface area contributed by atoms with E-state index >= 15 is 0 Å². The summed E-state index contributed by atoms with van der Waals surface area (Å²) in [6.45, 7) is 4.67. The van der Waals surface area contributed by atoms with Crippen LogP contribution >= 0.6 is 0 Å². The van der Waals surface area contributed by atoms with Crippen molar-refractivity contribution in [3.05, 3.63) is 211 Å². The number of fused-ring (bicyclic) bond motifs is 5. The topological polar surface area (TPSA) is 43.6 Å². The minimum absolute atomic E-state index is 0.0759. The van der Waals surface area contributed by atoms with Crippen LogP contribution in [0.1, 0.15) is 50.5 Å². The van der Waals surface area contributed by atoms with Crippen molar-refractivity contribution in [3.63, 3.8) is 0 Å². The van der Waals surface area contributed by atoms with Gasteiger partial charge in [-0.2, -0.15) is 0 Å². The molecule has 294 valence electrons. The molecule has 5 aromatic carbocycles. The molecule has 0 saturated heterocycles. The third-order valence-corrected chi connectivity index (χ3v) is 12.7. The van der Waals surface area contributed by atoms with Gasteiger partial charge in [-0.3, -0.25) is 0 Å². The van der Waals surface area contributed by atoms with Crippen LogP contribution in [0, 0.1) is 11.8 Å². The van der Waals surface area contributed by atoms with Crippen molar-refractivity contribution in [2.45, 2.75) is 39.0 Å². The van der Waals surface area contributed by atoms with E-state index < -0.39 is 0 Å². The van der Waals surface area contributed by atoms with E-state index in [1.165, 1.54) is 60.7 Å². The summed E-state index contributed by atoms with van der Waals surface area (Å²) in [4.78, 5) is 15.9. The molecule has 3 aliphatic carbocycles. The van der Waals surface area contributed by atoms with E-state index in [4.69, 9.17) is 15.0 Å². The van der Waals surface area contributed by atoms with Gasteiger partial charge >= 0.3 is 0 Å². The van der Waals surface area contributed by atoms with E-state index in [0.717, 1.165) is 58.8 Å². The summed E-state index contributed by atoms with van der Waals surface area (Å²) in [6, 6.07) is 49.4. The summed E-state index contributed by atoms with van der Waals surface area (Å²) < 4.78 is 2.48. The Bertz CT molecular complexity index is 3180. The molecule has 0 N–H and O–H groups in total. The second-order valence-corrected chi connectivity index (χ2v) is 16.8. The van der Waals surface area contributed by atoms with Crippen LogP contribution in [-0.2, 0) is 0 Å². The average molecular weight is 787 g/mol. The molecule has 61 heavy (non-hydrogen) atoms. The third-order valence-electron chi connectivity index (χ3n) is 12.7. The number of hydrogen-bond donors (Lipinski definition) is 0. The van der Waals surface area contributed by atoms with Gasteiger partial charge in [-0.1, -0.05) is 178 Å². The van der Waals surface area contributed by atoms with Crippen LogP contribution in [0.25, 0.3) is 77.6 Å². The average Bonchev–Trinajstić information content (AvgIpc) is 3.68. The number of aromatic nitrogens is 4. The summed E-state index contributed by atoms with van der Waals surface area (Å²) in [7, 11) is 0. The number of pyridine rings is 1. The van der Waals surface area contributed by atoms with Crippen molar-refractivity contribution >= 4 is 44.0 Å². The molecule has 0 fully saturated rings. The van der Waals surface area contributed by atoms with E-state index in [2.05, 4.69) is 207 Å². The van der Waals surface area contributed by atoms with Crippen LogP contribution in [0.3, 0.4) is 0 Å². The molecule has 4 heteroatoms. The summed E-state index contributed by atoms with van der Waals surface area (Å²) in [6.07, 6.45) is 21.6. The minimum atomic E-state index is 0.0759. The summed E-state index contributed by atoms with van der Waals surface area (Å²) in [5, 5.41) is 3.67. The Morgan fingerprint density at radius 2 is 1.26 bits per heavy atom. The van der Waals surface area contributed by atoms with E-state index in [9.17, 15) is 0 Å². The standard InChI is InChI=1S/C57H46N4/c1-37-14-13-19-46(34-37)61-53-23-12-10-21-49(53)54-55(58-50-22-11-9-20-48(50)56(54)61)47-33-32-45(35-38(47)2)41-26-30-44(31-27-41)57-59-51(42-17-7-4-8-18-42)36-52(60-57)43-28-24-40(25-29-43)39-15-5-3-6-16-39/h3-13,15-30,32-34,36-38,44H,14,31,35H2,1-2H3. The molecular weight excluding hydrogens is 741 g/mol. The highest BCUT2D eigenvalue weighted by molar-refractivity contribution is 6.21. The van der Waals surface area contributed by atoms with Gasteiger partial charge in [0, 0.05) is 38.9 Å². The fourth-order valence-corrected chi connectivity index (χ4v) is 9.57. The second kappa shape index (κ2) is 15.5. The van der Waals surface area contributed by atoms with Gasteiger partial charge in [0.2, 0.25) is 0 Å². The van der Waals surface area contributed by atoms with E-state index in [1.807, 2.05) is 0 Å². The van der Waals surface area contributed by atoms with Gasteiger partial charge in [-0.15, -0.1) is 0 Å². The first kappa shape index (κ1) is 36.9. The Hall–Kier alpha value is -7.17. The number of hydrogen-bond acceptors (Lipinski definition) is 3. The van der Waals surface area contributed by atoms with Gasteiger partial charge in [0.1, 0.15) is 5.82 Å². The van der Waals surface area contributed by atoms with Crippen LogP contribution < -0.4 is 0 Å². The smallest absolute Gasteiger partial charge is 0.136 e. The van der Waals surface area contributed by atoms with Crippen molar-refractivity contribution < 1.29 is 0 Å². The van der Waals surface area contributed by atoms with Gasteiger partial charge < -0.3 is 4.57 Å². The maximum Gasteiger partial charge on any atom is 0.136 e. The molecule has 0 bridgehead atoms. The lowest BCUT2D eigenvalue weighted by Crippen LogP contribution is -2.10. The first-order valence-electron chi connectivity index (χ1n) is 21.7. The van der Waals surface area contributed by atoms with Crippen LogP contribution in [0.15, 0.2) is 199 Å². The van der Waals surface area contributed by atoms with Crippen molar-refractivity contribution in [1.29, 1.82) is 0 Å². The number of benzene rings is 5. The predicted octanol–water partition coefficient (Wildman–Crippen LogP) is 14.6. The van der Waals surface area contributed by atoms with Crippen molar-refractivity contribution in [3.8, 4) is 33.6 Å². The fourth-order valence-electron chi connectivity index (χ4n) is 9.57. The molecule has 3 aliphatic rings. The predicted molar refractivity (Wildman–Crippen MR) is 255 cm³/mol. The molecule has 0 amide bonds. The Labute approximate surface area is 357 Å². The lowest BCUT2D eigenvalue weighted by molar-refractivity contribution is 0.725. The number of rotatable bonds is 7. The zero-order valence-electron chi connectivity index (χ0n) is 34.5. The van der Waals surface area contributed by atoms with E-state index in [-0.39, 0.29) is 11.8 Å². The monoisotopic (exact) mass is 786 g/mol. The number of nitrogens with zero attached hydrogens (tertiary/aromatic N) is 4. The van der Waals surface area contributed by atoms with Crippen LogP contribution in [0.2, 0.25) is 0 Å². The Morgan fingerprint density at radius 1 is 0.607 bits per heavy atom. The van der Waals surface area contributed by atoms with Crippen LogP contribution in [0.5, 0.6) is 0 Å². The van der Waals surface area contributed by atoms with Crippen molar-refractivity contribution in [1.82, 2.24) is 19.5 Å². The minimum Gasteiger partial charge on any atom is -0.309 e. The molecule has 3 heterocycles. The molecule has 0 saturated carbocycles. The van der Waals surface area contributed by atoms with Crippen molar-refractivity contribution in [2.24, 2.45) is 11.8 Å². The molecule has 0 spiro atoms. The zero-order valence-corrected chi connectivity index (χ0v) is 34.5. The molecule has 0 aliphatic heterocycles. The maximum atomic E-state index is 5.47. The lowest BCUT2D eigenvalue weighted by Gasteiger charge is -2.25. The Balaban J connectivity index is 0.935. The fraction of sp³-hybridized carbons (Fsp3) is 0.140. The number of para-hydroxylation sites is 2. The van der Waals surface area contributed by atoms with Gasteiger partial charge in [0.15, 0.2) is 0 Å². The van der Waals surface area contributed by atoms with Crippen LogP contribution in [-0.4, -0.2) is 19.5 Å². The highest BCUT2D eigenvalue weighted by Crippen LogP contribution is 2.44. The summed E-state index contributed by atoms with van der Waals surface area (Å²) >= 11 is 0. The molecule has 0 radical (unpaired) electrons. The molecule has 8 aromatic rings. The molecule has 3 unspecified atom stereocenters. The molecule has 3 atom stereocenters. The third kappa shape index (κ3) is 6.79. The quantitative estimate of drug-likeness (QED) is 0.162. The van der Waals surface area contributed by atoms with Gasteiger partial charge in [-0.05, 0) is 83.2 Å². The Kier molecular flexibility index (Phi) is 9.34. The Morgan fingerprint density at radius 3 is 1.98 bits per heavy atom. The first-order valence-corrected chi connectivity index (χ1v) is 21.7. The maximum absolute atomic E-state index is 5.47. The summed E-state index contributed by atoms with van der Waals surface area (Å²) in [5.74, 6) is 1.69. The second-order valence-electron chi connectivity index (χ2n) is 16.8. The van der Waals surface area contributed by atoms with Crippen molar-refractivity contribution in [2.75, 3.05) is 0 Å². The SMILES string of the molecule is CC1C=C(n2c3ccccc3c3c(C4=CC=C(C5=CCC(c6nc(-c7ccccc7)cc(-c7ccc(-c8ccccc8)cc7)n6)C=C5)CC4C)nc4ccccc4c32)C=CC1. The summed E-state index contributed by atoms with van der Waals surface area (Å²) in [5.41, 5.74) is 16.2. The molecule has 4 nitrogen and oxygen atoms in total. The van der Waals surface area contributed by atoms with Gasteiger partial charge in [0.25, 0.3) is 0 Å². The molecule has 11 rings (SSSR count). The highest BCUT2D eigenvalue weighted by atomic mass is 15.0. The number of allylic oxidation sites excluding steroid dienone is 12. The van der Waals surface area contributed by atoms with Crippen LogP contribution in [0.4, 0.5) is 0 Å². The molecular formula is C57H46N4. The first-order chi connectivity index (χ1) is 30.1. The zero-order chi connectivity index (χ0) is 40.9. The molecule has 3 aromatic heterocycles. The largest absolute Gasteiger partial charge is 0.309 e. The van der Waals surface area contributed by atoms with E-state index in [1.54, 1.807) is 0 Å². The van der Waals surface area contributed by atoms with E-state index in [0.29, 0.717) is 5.92 Å². The highest BCUT2D eigenvalue weighted by Gasteiger charge is 2.27. The van der Waals surface area contributed by atoms with Gasteiger partial charge in [0.05, 0.1) is 33.6 Å². The normalized spacial score (nSPS) is 18.9.